The number of nitrogens with one attached hydrogen (secondary N) is 1. The van der Waals surface area contributed by atoms with Crippen molar-refractivity contribution in [1.29, 1.82) is 0 Å². The Bertz CT molecular complexity index is 731. The van der Waals surface area contributed by atoms with Gasteiger partial charge in [-0.2, -0.15) is 0 Å². The Labute approximate surface area is 146 Å². The minimum atomic E-state index is -0.0134. The maximum Gasteiger partial charge on any atom is 0.318 e. The summed E-state index contributed by atoms with van der Waals surface area (Å²) >= 11 is 0. The van der Waals surface area contributed by atoms with Gasteiger partial charge in [0.25, 0.3) is 0 Å². The highest BCUT2D eigenvalue weighted by atomic mass is 16.5. The topological polar surface area (TPSA) is 70.6 Å². The van der Waals surface area contributed by atoms with Gasteiger partial charge in [-0.05, 0) is 6.07 Å². The molecule has 7 heteroatoms. The lowest BCUT2D eigenvalue weighted by atomic mass is 10.0. The molecular formula is C18H21N5O2. The molecule has 3 heterocycles. The summed E-state index contributed by atoms with van der Waals surface area (Å²) in [6.07, 6.45) is 5.91. The van der Waals surface area contributed by atoms with Gasteiger partial charge >= 0.3 is 6.03 Å². The molecule has 1 atom stereocenters. The van der Waals surface area contributed by atoms with Crippen molar-refractivity contribution in [2.45, 2.75) is 12.5 Å². The van der Waals surface area contributed by atoms with E-state index in [1.165, 1.54) is 0 Å². The zero-order valence-electron chi connectivity index (χ0n) is 14.0. The Morgan fingerprint density at radius 1 is 1.16 bits per heavy atom. The highest BCUT2D eigenvalue weighted by molar-refractivity contribution is 5.75. The summed E-state index contributed by atoms with van der Waals surface area (Å²) in [6.45, 7) is 3.50. The smallest absolute Gasteiger partial charge is 0.318 e. The van der Waals surface area contributed by atoms with Crippen LogP contribution < -0.4 is 15.0 Å². The van der Waals surface area contributed by atoms with Crippen LogP contribution in [0.15, 0.2) is 42.9 Å². The van der Waals surface area contributed by atoms with Gasteiger partial charge in [0.15, 0.2) is 0 Å². The fourth-order valence-electron chi connectivity index (χ4n) is 3.33. The highest BCUT2D eigenvalue weighted by Gasteiger charge is 2.27. The second-order valence-corrected chi connectivity index (χ2v) is 6.21. The molecule has 1 saturated heterocycles. The third-order valence-corrected chi connectivity index (χ3v) is 4.70. The number of benzene rings is 1. The van der Waals surface area contributed by atoms with Crippen LogP contribution >= 0.6 is 0 Å². The van der Waals surface area contributed by atoms with Crippen molar-refractivity contribution in [3.05, 3.63) is 48.4 Å². The molecule has 2 amide bonds. The number of rotatable bonds is 2. The molecule has 0 aliphatic carbocycles. The van der Waals surface area contributed by atoms with Gasteiger partial charge in [-0.3, -0.25) is 4.98 Å². The molecule has 0 saturated carbocycles. The number of hydrogen-bond acceptors (Lipinski definition) is 5. The predicted octanol–water partition coefficient (Wildman–Crippen LogP) is 1.83. The SMILES string of the molecule is O=C(N[C@@H]1CCOc2ccccc21)N1CCN(c2cnccn2)CC1. The number of fused-ring (bicyclic) bond motifs is 1. The van der Waals surface area contributed by atoms with E-state index in [1.54, 1.807) is 18.6 Å². The molecule has 2 aliphatic rings. The molecule has 0 radical (unpaired) electrons. The average Bonchev–Trinajstić information content (AvgIpc) is 2.69. The van der Waals surface area contributed by atoms with Crippen LogP contribution in [-0.4, -0.2) is 53.7 Å². The maximum absolute atomic E-state index is 12.6. The second kappa shape index (κ2) is 6.96. The van der Waals surface area contributed by atoms with Crippen LogP contribution in [0.2, 0.25) is 0 Å². The molecule has 25 heavy (non-hydrogen) atoms. The van der Waals surface area contributed by atoms with Gasteiger partial charge in [0.05, 0.1) is 18.8 Å². The molecule has 2 aromatic rings. The third kappa shape index (κ3) is 3.35. The number of aromatic nitrogens is 2. The number of ether oxygens (including phenoxy) is 1. The fraction of sp³-hybridized carbons (Fsp3) is 0.389. The third-order valence-electron chi connectivity index (χ3n) is 4.70. The molecule has 130 valence electrons. The first-order valence-corrected chi connectivity index (χ1v) is 8.59. The summed E-state index contributed by atoms with van der Waals surface area (Å²) in [6, 6.07) is 7.90. The van der Waals surface area contributed by atoms with Crippen molar-refractivity contribution in [3.8, 4) is 5.75 Å². The number of anilines is 1. The van der Waals surface area contributed by atoms with Crippen LogP contribution in [0.1, 0.15) is 18.0 Å². The van der Waals surface area contributed by atoms with E-state index in [1.807, 2.05) is 29.2 Å². The fourth-order valence-corrected chi connectivity index (χ4v) is 3.33. The van der Waals surface area contributed by atoms with Gasteiger partial charge in [0, 0.05) is 50.6 Å². The minimum absolute atomic E-state index is 0.00969. The lowest BCUT2D eigenvalue weighted by Crippen LogP contribution is -2.52. The molecule has 1 N–H and O–H groups in total. The lowest BCUT2D eigenvalue weighted by Gasteiger charge is -2.36. The number of amides is 2. The van der Waals surface area contributed by atoms with Crippen LogP contribution in [0.5, 0.6) is 5.75 Å². The van der Waals surface area contributed by atoms with Gasteiger partial charge in [-0.1, -0.05) is 18.2 Å². The monoisotopic (exact) mass is 339 g/mol. The van der Waals surface area contributed by atoms with E-state index < -0.39 is 0 Å². The molecule has 1 fully saturated rings. The average molecular weight is 339 g/mol. The van der Waals surface area contributed by atoms with E-state index in [9.17, 15) is 4.79 Å². The number of piperazine rings is 1. The first kappa shape index (κ1) is 15.7. The highest BCUT2D eigenvalue weighted by Crippen LogP contribution is 2.31. The predicted molar refractivity (Wildman–Crippen MR) is 93.6 cm³/mol. The largest absolute Gasteiger partial charge is 0.493 e. The van der Waals surface area contributed by atoms with Gasteiger partial charge in [-0.15, -0.1) is 0 Å². The molecule has 4 rings (SSSR count). The van der Waals surface area contributed by atoms with Crippen molar-refractivity contribution < 1.29 is 9.53 Å². The maximum atomic E-state index is 12.6. The van der Waals surface area contributed by atoms with Crippen molar-refractivity contribution in [2.24, 2.45) is 0 Å². The first-order valence-electron chi connectivity index (χ1n) is 8.59. The van der Waals surface area contributed by atoms with Crippen LogP contribution in [0.25, 0.3) is 0 Å². The molecule has 0 unspecified atom stereocenters. The van der Waals surface area contributed by atoms with Crippen molar-refractivity contribution in [2.75, 3.05) is 37.7 Å². The van der Waals surface area contributed by atoms with E-state index in [2.05, 4.69) is 20.2 Å². The van der Waals surface area contributed by atoms with E-state index in [0.717, 1.165) is 36.6 Å². The minimum Gasteiger partial charge on any atom is -0.493 e. The lowest BCUT2D eigenvalue weighted by molar-refractivity contribution is 0.183. The van der Waals surface area contributed by atoms with Crippen LogP contribution in [-0.2, 0) is 0 Å². The van der Waals surface area contributed by atoms with Gasteiger partial charge in [0.1, 0.15) is 11.6 Å². The number of carbonyl (C=O) groups excluding carboxylic acids is 1. The number of nitrogens with zero attached hydrogens (tertiary/aromatic N) is 4. The standard InChI is InChI=1S/C18H21N5O2/c24-18(21-15-5-12-25-16-4-2-1-3-14(15)16)23-10-8-22(9-11-23)17-13-19-6-7-20-17/h1-4,6-7,13,15H,5,8-12H2,(H,21,24)/t15-/m1/s1. The summed E-state index contributed by atoms with van der Waals surface area (Å²) in [5.74, 6) is 1.73. The van der Waals surface area contributed by atoms with Gasteiger partial charge < -0.3 is 19.9 Å². The first-order chi connectivity index (χ1) is 12.3. The van der Waals surface area contributed by atoms with Crippen LogP contribution in [0.3, 0.4) is 0 Å². The summed E-state index contributed by atoms with van der Waals surface area (Å²) in [5.41, 5.74) is 1.06. The molecule has 1 aromatic heterocycles. The summed E-state index contributed by atoms with van der Waals surface area (Å²) in [4.78, 5) is 25.1. The Morgan fingerprint density at radius 2 is 2.00 bits per heavy atom. The van der Waals surface area contributed by atoms with Crippen molar-refractivity contribution in [1.82, 2.24) is 20.2 Å². The Morgan fingerprint density at radius 3 is 2.80 bits per heavy atom. The van der Waals surface area contributed by atoms with Gasteiger partial charge in [0.2, 0.25) is 0 Å². The zero-order valence-corrected chi connectivity index (χ0v) is 14.0. The number of hydrogen-bond donors (Lipinski definition) is 1. The van der Waals surface area contributed by atoms with E-state index in [-0.39, 0.29) is 12.1 Å². The number of para-hydroxylation sites is 1. The summed E-state index contributed by atoms with van der Waals surface area (Å²) in [7, 11) is 0. The summed E-state index contributed by atoms with van der Waals surface area (Å²) < 4.78 is 5.66. The van der Waals surface area contributed by atoms with E-state index in [4.69, 9.17) is 4.74 Å². The van der Waals surface area contributed by atoms with E-state index >= 15 is 0 Å². The van der Waals surface area contributed by atoms with Gasteiger partial charge in [-0.25, -0.2) is 9.78 Å². The Kier molecular flexibility index (Phi) is 4.37. The van der Waals surface area contributed by atoms with Crippen molar-refractivity contribution >= 4 is 11.8 Å². The van der Waals surface area contributed by atoms with Crippen molar-refractivity contribution in [3.63, 3.8) is 0 Å². The summed E-state index contributed by atoms with van der Waals surface area (Å²) in [5, 5.41) is 3.16. The number of urea groups is 1. The molecule has 1 aromatic carbocycles. The molecule has 0 bridgehead atoms. The van der Waals surface area contributed by atoms with E-state index in [0.29, 0.717) is 19.7 Å². The van der Waals surface area contributed by atoms with Crippen LogP contribution in [0.4, 0.5) is 10.6 Å². The number of carbonyl (C=O) groups is 1. The molecular weight excluding hydrogens is 318 g/mol. The zero-order chi connectivity index (χ0) is 17.1. The van der Waals surface area contributed by atoms with Crippen LogP contribution in [0, 0.1) is 0 Å². The molecule has 2 aliphatic heterocycles. The molecule has 7 nitrogen and oxygen atoms in total. The molecule has 0 spiro atoms. The Hall–Kier alpha value is -2.83. The Balaban J connectivity index is 1.36. The normalized spacial score (nSPS) is 19.8. The quantitative estimate of drug-likeness (QED) is 0.904. The second-order valence-electron chi connectivity index (χ2n) is 6.21.